The number of ketones is 1. The van der Waals surface area contributed by atoms with Gasteiger partial charge in [-0.15, -0.1) is 0 Å². The number of aliphatic hydroxyl groups excluding tert-OH is 1. The van der Waals surface area contributed by atoms with Crippen LogP contribution in [0.1, 0.15) is 35.8 Å². The van der Waals surface area contributed by atoms with Crippen molar-refractivity contribution in [2.24, 2.45) is 5.92 Å². The molecule has 1 aromatic heterocycles. The van der Waals surface area contributed by atoms with E-state index in [0.717, 1.165) is 12.8 Å². The number of anilines is 1. The van der Waals surface area contributed by atoms with Crippen LogP contribution in [0.15, 0.2) is 30.3 Å². The number of pyridine rings is 1. The van der Waals surface area contributed by atoms with Crippen LogP contribution < -0.4 is 9.04 Å². The summed E-state index contributed by atoms with van der Waals surface area (Å²) in [6.45, 7) is 2.45. The Morgan fingerprint density at radius 2 is 1.94 bits per heavy atom. The van der Waals surface area contributed by atoms with Gasteiger partial charge in [0.1, 0.15) is 6.10 Å². The van der Waals surface area contributed by atoms with Crippen LogP contribution >= 0.6 is 23.2 Å². The van der Waals surface area contributed by atoms with E-state index >= 15 is 0 Å². The summed E-state index contributed by atoms with van der Waals surface area (Å²) in [5.41, 5.74) is 0.553. The molecule has 1 saturated heterocycles. The Morgan fingerprint density at radius 1 is 1.21 bits per heavy atom. The van der Waals surface area contributed by atoms with Gasteiger partial charge in [-0.05, 0) is 43.0 Å². The molecule has 1 fully saturated rings. The Morgan fingerprint density at radius 3 is 2.61 bits per heavy atom. The van der Waals surface area contributed by atoms with Crippen LogP contribution in [-0.4, -0.2) is 60.9 Å². The molecule has 8 nitrogen and oxygen atoms in total. The molecule has 0 bridgehead atoms. The molecule has 0 saturated carbocycles. The number of carbonyl (C=O) groups is 1. The molecular weight excluding hydrogens is 489 g/mol. The van der Waals surface area contributed by atoms with Crippen molar-refractivity contribution in [2.75, 3.05) is 30.5 Å². The van der Waals surface area contributed by atoms with Gasteiger partial charge < -0.3 is 9.84 Å². The summed E-state index contributed by atoms with van der Waals surface area (Å²) in [6, 6.07) is 7.98. The van der Waals surface area contributed by atoms with Crippen molar-refractivity contribution in [1.29, 1.82) is 0 Å². The Hall–Kier alpha value is -1.91. The van der Waals surface area contributed by atoms with Crippen molar-refractivity contribution in [3.05, 3.63) is 51.6 Å². The van der Waals surface area contributed by atoms with Crippen molar-refractivity contribution in [2.45, 2.75) is 32.3 Å². The first-order chi connectivity index (χ1) is 15.7. The number of halogens is 2. The monoisotopic (exact) mass is 513 g/mol. The molecular formula is C22H25Cl2N3O5S. The Balaban J connectivity index is 1.67. The first-order valence-corrected chi connectivity index (χ1v) is 12.9. The van der Waals surface area contributed by atoms with Gasteiger partial charge in [0.2, 0.25) is 0 Å². The fraction of sp³-hybridized carbons (Fsp3) is 0.455. The van der Waals surface area contributed by atoms with Crippen LogP contribution in [0, 0.1) is 5.92 Å². The smallest absolute Gasteiger partial charge is 0.305 e. The third-order valence-electron chi connectivity index (χ3n) is 5.81. The van der Waals surface area contributed by atoms with E-state index in [1.54, 1.807) is 30.3 Å². The maximum Gasteiger partial charge on any atom is 0.305 e. The molecule has 2 aliphatic rings. The number of rotatable bonds is 6. The molecule has 11 heteroatoms. The third-order valence-corrected chi connectivity index (χ3v) is 8.30. The topological polar surface area (TPSA) is 100 Å². The lowest BCUT2D eigenvalue weighted by molar-refractivity contribution is 0.0991. The number of carbonyl (C=O) groups excluding carboxylic acids is 1. The highest BCUT2D eigenvalue weighted by molar-refractivity contribution is 7.90. The second-order valence-corrected chi connectivity index (χ2v) is 11.1. The maximum atomic E-state index is 13.5. The molecule has 0 spiro atoms. The SMILES string of the molecule is C[C@H]1CCCN(S(=O)(=O)N2C[C@H](CO)Oc3ccc(CC(=O)c4c(Cl)cccc4Cl)nc32)C1. The lowest BCUT2D eigenvalue weighted by Crippen LogP contribution is -2.53. The summed E-state index contributed by atoms with van der Waals surface area (Å²) in [6.07, 6.45) is 0.918. The minimum absolute atomic E-state index is 0.0720. The summed E-state index contributed by atoms with van der Waals surface area (Å²) in [5.74, 6) is 0.261. The molecule has 0 unspecified atom stereocenters. The van der Waals surface area contributed by atoms with E-state index in [-0.39, 0.29) is 58.4 Å². The number of fused-ring (bicyclic) bond motifs is 1. The van der Waals surface area contributed by atoms with Crippen LogP contribution in [0.5, 0.6) is 5.75 Å². The second-order valence-electron chi connectivity index (χ2n) is 8.39. The van der Waals surface area contributed by atoms with E-state index in [1.807, 2.05) is 6.92 Å². The van der Waals surface area contributed by atoms with E-state index in [0.29, 0.717) is 18.8 Å². The molecule has 2 aromatic rings. The highest BCUT2D eigenvalue weighted by Crippen LogP contribution is 2.36. The van der Waals surface area contributed by atoms with Gasteiger partial charge >= 0.3 is 10.2 Å². The van der Waals surface area contributed by atoms with E-state index in [1.165, 1.54) is 8.61 Å². The van der Waals surface area contributed by atoms with Gasteiger partial charge in [0.15, 0.2) is 17.4 Å². The van der Waals surface area contributed by atoms with Crippen molar-refractivity contribution in [3.8, 4) is 5.75 Å². The quantitative estimate of drug-likeness (QED) is 0.594. The molecule has 178 valence electrons. The van der Waals surface area contributed by atoms with Crippen molar-refractivity contribution >= 4 is 45.0 Å². The molecule has 33 heavy (non-hydrogen) atoms. The molecule has 3 heterocycles. The normalized spacial score (nSPS) is 21.4. The first kappa shape index (κ1) is 24.2. The molecule has 1 N–H and O–H groups in total. The molecule has 2 aliphatic heterocycles. The van der Waals surface area contributed by atoms with Crippen LogP contribution in [-0.2, 0) is 16.6 Å². The van der Waals surface area contributed by atoms with Gasteiger partial charge in [0, 0.05) is 13.1 Å². The van der Waals surface area contributed by atoms with Crippen molar-refractivity contribution < 1.29 is 23.1 Å². The highest BCUT2D eigenvalue weighted by atomic mass is 35.5. The first-order valence-electron chi connectivity index (χ1n) is 10.7. The van der Waals surface area contributed by atoms with Gasteiger partial charge in [0.25, 0.3) is 0 Å². The molecule has 0 amide bonds. The minimum Gasteiger partial charge on any atom is -0.482 e. The third kappa shape index (κ3) is 4.97. The zero-order valence-corrected chi connectivity index (χ0v) is 20.4. The summed E-state index contributed by atoms with van der Waals surface area (Å²) >= 11 is 12.3. The van der Waals surface area contributed by atoms with E-state index < -0.39 is 16.3 Å². The maximum absolute atomic E-state index is 13.5. The van der Waals surface area contributed by atoms with E-state index in [9.17, 15) is 18.3 Å². The van der Waals surface area contributed by atoms with Gasteiger partial charge in [-0.1, -0.05) is 36.2 Å². The Kier molecular flexibility index (Phi) is 7.16. The van der Waals surface area contributed by atoms with Gasteiger partial charge in [0.05, 0.1) is 40.9 Å². The highest BCUT2D eigenvalue weighted by Gasteiger charge is 2.39. The number of nitrogens with zero attached hydrogens (tertiary/aromatic N) is 3. The number of Topliss-reactive ketones (excluding diaryl/α,β-unsaturated/α-hetero) is 1. The number of ether oxygens (including phenoxy) is 1. The standard InChI is InChI=1S/C22H25Cl2N3O5S/c1-14-4-3-9-26(11-14)33(30,31)27-12-16(13-28)32-20-8-7-15(25-22(20)27)10-19(29)21-17(23)5-2-6-18(21)24/h2,5-8,14,16,28H,3-4,9-13H2,1H3/t14-,16+/m0/s1. The molecule has 1 aromatic carbocycles. The summed E-state index contributed by atoms with van der Waals surface area (Å²) in [5, 5.41) is 10.1. The Labute approximate surface area is 203 Å². The predicted octanol–water partition coefficient (Wildman–Crippen LogP) is 3.35. The lowest BCUT2D eigenvalue weighted by atomic mass is 10.0. The number of aromatic nitrogens is 1. The number of hydrogen-bond donors (Lipinski definition) is 1. The van der Waals surface area contributed by atoms with Gasteiger partial charge in [-0.25, -0.2) is 9.29 Å². The van der Waals surface area contributed by atoms with E-state index in [4.69, 9.17) is 27.9 Å². The number of hydrogen-bond acceptors (Lipinski definition) is 6. The molecule has 0 aliphatic carbocycles. The van der Waals surface area contributed by atoms with Crippen LogP contribution in [0.4, 0.5) is 5.82 Å². The minimum atomic E-state index is -3.90. The average Bonchev–Trinajstić information content (AvgIpc) is 2.78. The van der Waals surface area contributed by atoms with Gasteiger partial charge in [-0.3, -0.25) is 4.79 Å². The van der Waals surface area contributed by atoms with Crippen molar-refractivity contribution in [3.63, 3.8) is 0 Å². The molecule has 4 rings (SSSR count). The van der Waals surface area contributed by atoms with Crippen molar-refractivity contribution in [1.82, 2.24) is 9.29 Å². The Bertz CT molecular complexity index is 1140. The van der Waals surface area contributed by atoms with Gasteiger partial charge in [-0.2, -0.15) is 12.7 Å². The second kappa shape index (κ2) is 9.76. The van der Waals surface area contributed by atoms with Crippen LogP contribution in [0.3, 0.4) is 0 Å². The summed E-state index contributed by atoms with van der Waals surface area (Å²) in [7, 11) is -3.90. The number of piperidine rings is 1. The predicted molar refractivity (Wildman–Crippen MR) is 126 cm³/mol. The van der Waals surface area contributed by atoms with Crippen LogP contribution in [0.2, 0.25) is 10.0 Å². The van der Waals surface area contributed by atoms with Crippen LogP contribution in [0.25, 0.3) is 0 Å². The fourth-order valence-electron chi connectivity index (χ4n) is 4.14. The summed E-state index contributed by atoms with van der Waals surface area (Å²) in [4.78, 5) is 17.3. The lowest BCUT2D eigenvalue weighted by Gasteiger charge is -2.39. The molecule has 2 atom stereocenters. The molecule has 0 radical (unpaired) electrons. The number of aliphatic hydroxyl groups is 1. The zero-order chi connectivity index (χ0) is 23.8. The largest absolute Gasteiger partial charge is 0.482 e. The fourth-order valence-corrected chi connectivity index (χ4v) is 6.54. The number of benzene rings is 1. The van der Waals surface area contributed by atoms with E-state index in [2.05, 4.69) is 4.98 Å². The average molecular weight is 514 g/mol. The summed E-state index contributed by atoms with van der Waals surface area (Å²) < 4.78 is 35.4. The zero-order valence-electron chi connectivity index (χ0n) is 18.1.